The van der Waals surface area contributed by atoms with E-state index in [1.807, 2.05) is 0 Å². The second kappa shape index (κ2) is 9.71. The number of pyridine rings is 1. The summed E-state index contributed by atoms with van der Waals surface area (Å²) in [5.41, 5.74) is 6.10. The van der Waals surface area contributed by atoms with E-state index in [9.17, 15) is 22.4 Å². The Morgan fingerprint density at radius 2 is 1.85 bits per heavy atom. The highest BCUT2D eigenvalue weighted by Gasteiger charge is 2.38. The minimum Gasteiger partial charge on any atom is -0.466 e. The number of nitrogens with zero attached hydrogens (tertiary/aromatic N) is 2. The average molecular weight is 497 g/mol. The first-order chi connectivity index (χ1) is 16.2. The number of methoxy groups -OCH3 is 1. The van der Waals surface area contributed by atoms with E-state index >= 15 is 0 Å². The highest BCUT2D eigenvalue weighted by atomic mass is 35.5. The maximum atomic E-state index is 14.6. The molecule has 1 aliphatic carbocycles. The van der Waals surface area contributed by atoms with Gasteiger partial charge in [0.1, 0.15) is 17.6 Å². The second-order valence-corrected chi connectivity index (χ2v) is 8.56. The number of esters is 1. The molecule has 1 fully saturated rings. The normalized spacial score (nSPS) is 22.8. The van der Waals surface area contributed by atoms with E-state index in [0.29, 0.717) is 37.4 Å². The summed E-state index contributed by atoms with van der Waals surface area (Å²) < 4.78 is 61.2. The van der Waals surface area contributed by atoms with Crippen LogP contribution in [0.15, 0.2) is 40.7 Å². The predicted molar refractivity (Wildman–Crippen MR) is 117 cm³/mol. The fourth-order valence-electron chi connectivity index (χ4n) is 4.32. The molecule has 1 aromatic heterocycles. The number of amidine groups is 1. The molecule has 4 rings (SSSR count). The van der Waals surface area contributed by atoms with Crippen LogP contribution < -0.4 is 11.1 Å². The van der Waals surface area contributed by atoms with E-state index in [0.717, 1.165) is 12.3 Å². The Balaban J connectivity index is 1.93. The number of rotatable bonds is 4. The SMILES string of the molecule is COC(=O)C1=C(C2CCC(N)CC2)NC(c2ncc(F)cc2F)=NC1c1ccc(F)c(F)c1Cl. The van der Waals surface area contributed by atoms with E-state index in [1.165, 1.54) is 13.2 Å². The second-order valence-electron chi connectivity index (χ2n) is 8.18. The lowest BCUT2D eigenvalue weighted by Gasteiger charge is -2.34. The van der Waals surface area contributed by atoms with Crippen LogP contribution in [-0.2, 0) is 9.53 Å². The lowest BCUT2D eigenvalue weighted by molar-refractivity contribution is -0.136. The Labute approximate surface area is 197 Å². The minimum atomic E-state index is -1.31. The number of aliphatic imine (C=N–C) groups is 1. The van der Waals surface area contributed by atoms with Crippen molar-refractivity contribution in [3.63, 3.8) is 0 Å². The van der Waals surface area contributed by atoms with Gasteiger partial charge in [-0.05, 0) is 37.7 Å². The number of benzene rings is 1. The van der Waals surface area contributed by atoms with Crippen LogP contribution >= 0.6 is 11.6 Å². The fraction of sp³-hybridized carbons (Fsp3) is 0.348. The van der Waals surface area contributed by atoms with E-state index < -0.39 is 40.3 Å². The van der Waals surface area contributed by atoms with Crippen molar-refractivity contribution in [2.75, 3.05) is 7.11 Å². The molecule has 2 aliphatic rings. The van der Waals surface area contributed by atoms with Gasteiger partial charge in [0, 0.05) is 23.4 Å². The van der Waals surface area contributed by atoms with Gasteiger partial charge in [-0.1, -0.05) is 17.7 Å². The first kappa shape index (κ1) is 24.2. The number of nitrogens with one attached hydrogen (secondary N) is 1. The van der Waals surface area contributed by atoms with E-state index in [-0.39, 0.29) is 34.6 Å². The first-order valence-corrected chi connectivity index (χ1v) is 11.0. The molecule has 1 aromatic carbocycles. The quantitative estimate of drug-likeness (QED) is 0.374. The molecule has 0 bridgehead atoms. The zero-order valence-corrected chi connectivity index (χ0v) is 18.8. The maximum Gasteiger partial charge on any atom is 0.338 e. The minimum absolute atomic E-state index is 0.00259. The van der Waals surface area contributed by atoms with Crippen molar-refractivity contribution in [1.82, 2.24) is 10.3 Å². The molecule has 11 heteroatoms. The molecule has 0 spiro atoms. The molecule has 34 heavy (non-hydrogen) atoms. The number of aromatic nitrogens is 1. The van der Waals surface area contributed by atoms with Crippen molar-refractivity contribution in [1.29, 1.82) is 0 Å². The molecule has 2 heterocycles. The summed E-state index contributed by atoms with van der Waals surface area (Å²) in [4.78, 5) is 21.1. The van der Waals surface area contributed by atoms with E-state index in [1.54, 1.807) is 0 Å². The zero-order valence-electron chi connectivity index (χ0n) is 18.0. The van der Waals surface area contributed by atoms with Crippen LogP contribution in [0.1, 0.15) is 43.0 Å². The number of carbonyl (C=O) groups excluding carboxylic acids is 1. The number of hydrogen-bond donors (Lipinski definition) is 2. The largest absolute Gasteiger partial charge is 0.466 e. The standard InChI is InChI=1S/C23H21ClF4N4O2/c1-34-23(33)16-19(10-2-4-12(29)5-3-10)31-22(21-15(27)8-11(25)9-30-21)32-20(16)13-6-7-14(26)18(28)17(13)24/h6-10,12,20H,2-5,29H2,1H3,(H,31,32). The number of halogens is 5. The van der Waals surface area contributed by atoms with Gasteiger partial charge in [-0.2, -0.15) is 0 Å². The Bertz CT molecular complexity index is 1200. The third-order valence-corrected chi connectivity index (χ3v) is 6.44. The van der Waals surface area contributed by atoms with Gasteiger partial charge in [0.05, 0.1) is 23.9 Å². The molecule has 1 saturated carbocycles. The maximum absolute atomic E-state index is 14.6. The van der Waals surface area contributed by atoms with Gasteiger partial charge in [-0.3, -0.25) is 4.99 Å². The van der Waals surface area contributed by atoms with Gasteiger partial charge < -0.3 is 15.8 Å². The van der Waals surface area contributed by atoms with Crippen molar-refractivity contribution in [3.05, 3.63) is 75.2 Å². The van der Waals surface area contributed by atoms with Crippen molar-refractivity contribution in [2.45, 2.75) is 37.8 Å². The highest BCUT2D eigenvalue weighted by molar-refractivity contribution is 6.31. The number of hydrogen-bond acceptors (Lipinski definition) is 6. The number of ether oxygens (including phenoxy) is 1. The van der Waals surface area contributed by atoms with Crippen molar-refractivity contribution in [3.8, 4) is 0 Å². The summed E-state index contributed by atoms with van der Waals surface area (Å²) in [6.45, 7) is 0. The monoisotopic (exact) mass is 496 g/mol. The van der Waals surface area contributed by atoms with E-state index in [2.05, 4.69) is 15.3 Å². The molecule has 1 aliphatic heterocycles. The van der Waals surface area contributed by atoms with Crippen LogP contribution in [0, 0.1) is 29.2 Å². The third-order valence-electron chi connectivity index (χ3n) is 6.05. The average Bonchev–Trinajstić information content (AvgIpc) is 2.82. The molecule has 6 nitrogen and oxygen atoms in total. The summed E-state index contributed by atoms with van der Waals surface area (Å²) in [6, 6.07) is 1.44. The Morgan fingerprint density at radius 1 is 1.15 bits per heavy atom. The smallest absolute Gasteiger partial charge is 0.338 e. The topological polar surface area (TPSA) is 89.6 Å². The molecule has 1 unspecified atom stereocenters. The Kier molecular flexibility index (Phi) is 6.90. The summed E-state index contributed by atoms with van der Waals surface area (Å²) >= 11 is 6.11. The summed E-state index contributed by atoms with van der Waals surface area (Å²) in [5.74, 6) is -5.45. The van der Waals surface area contributed by atoms with Crippen LogP contribution in [0.2, 0.25) is 5.02 Å². The van der Waals surface area contributed by atoms with Crippen LogP contribution in [-0.4, -0.2) is 29.9 Å². The van der Waals surface area contributed by atoms with Gasteiger partial charge in [0.25, 0.3) is 0 Å². The van der Waals surface area contributed by atoms with Crippen LogP contribution in [0.5, 0.6) is 0 Å². The molecule has 1 atom stereocenters. The van der Waals surface area contributed by atoms with E-state index in [4.69, 9.17) is 22.1 Å². The number of allylic oxidation sites excluding steroid dienone is 1. The van der Waals surface area contributed by atoms with Gasteiger partial charge in [0.15, 0.2) is 23.3 Å². The summed E-state index contributed by atoms with van der Waals surface area (Å²) in [6.07, 6.45) is 3.39. The number of nitrogens with two attached hydrogens (primary N) is 1. The molecule has 180 valence electrons. The molecule has 3 N–H and O–H groups in total. The molecule has 2 aromatic rings. The fourth-order valence-corrected chi connectivity index (χ4v) is 4.57. The van der Waals surface area contributed by atoms with Crippen molar-refractivity contribution < 1.29 is 27.1 Å². The Hall–Kier alpha value is -2.98. The molecular formula is C23H21ClF4N4O2. The summed E-state index contributed by atoms with van der Waals surface area (Å²) in [5, 5.41) is 2.40. The third kappa shape index (κ3) is 4.52. The van der Waals surface area contributed by atoms with Crippen molar-refractivity contribution in [2.24, 2.45) is 16.6 Å². The van der Waals surface area contributed by atoms with Crippen LogP contribution in [0.3, 0.4) is 0 Å². The lowest BCUT2D eigenvalue weighted by Crippen LogP contribution is -2.39. The predicted octanol–water partition coefficient (Wildman–Crippen LogP) is 4.33. The van der Waals surface area contributed by atoms with Crippen LogP contribution in [0.4, 0.5) is 17.6 Å². The van der Waals surface area contributed by atoms with Gasteiger partial charge in [-0.25, -0.2) is 27.3 Å². The highest BCUT2D eigenvalue weighted by Crippen LogP contribution is 2.41. The van der Waals surface area contributed by atoms with Gasteiger partial charge >= 0.3 is 5.97 Å². The number of carbonyl (C=O) groups is 1. The van der Waals surface area contributed by atoms with Gasteiger partial charge in [-0.15, -0.1) is 0 Å². The Morgan fingerprint density at radius 3 is 2.50 bits per heavy atom. The molecule has 0 amide bonds. The lowest BCUT2D eigenvalue weighted by atomic mass is 9.80. The van der Waals surface area contributed by atoms with Crippen molar-refractivity contribution >= 4 is 23.4 Å². The zero-order chi connectivity index (χ0) is 24.6. The molecule has 0 radical (unpaired) electrons. The molecular weight excluding hydrogens is 476 g/mol. The first-order valence-electron chi connectivity index (χ1n) is 10.6. The van der Waals surface area contributed by atoms with Gasteiger partial charge in [0.2, 0.25) is 0 Å². The molecule has 0 saturated heterocycles. The van der Waals surface area contributed by atoms with Crippen LogP contribution in [0.25, 0.3) is 0 Å². The summed E-state index contributed by atoms with van der Waals surface area (Å²) in [7, 11) is 1.17.